The maximum atomic E-state index is 13.1. The van der Waals surface area contributed by atoms with Gasteiger partial charge in [0.1, 0.15) is 5.76 Å². The summed E-state index contributed by atoms with van der Waals surface area (Å²) in [7, 11) is 0. The van der Waals surface area contributed by atoms with E-state index in [1.165, 1.54) is 17.8 Å². The molecule has 4 aromatic rings. The molecule has 33 heavy (non-hydrogen) atoms. The molecule has 10 heteroatoms. The lowest BCUT2D eigenvalue weighted by molar-refractivity contribution is -0.114. The van der Waals surface area contributed by atoms with Crippen LogP contribution in [0.25, 0.3) is 10.9 Å². The van der Waals surface area contributed by atoms with E-state index < -0.39 is 0 Å². The van der Waals surface area contributed by atoms with Crippen LogP contribution in [0.2, 0.25) is 5.02 Å². The Kier molecular flexibility index (Phi) is 6.81. The topological polar surface area (TPSA) is 106 Å². The molecule has 0 fully saturated rings. The van der Waals surface area contributed by atoms with E-state index >= 15 is 0 Å². The lowest BCUT2D eigenvalue weighted by atomic mass is 10.2. The highest BCUT2D eigenvalue weighted by atomic mass is 35.5. The van der Waals surface area contributed by atoms with Crippen LogP contribution in [0.4, 0.5) is 11.4 Å². The Morgan fingerprint density at radius 3 is 2.48 bits per heavy atom. The summed E-state index contributed by atoms with van der Waals surface area (Å²) in [5.41, 5.74) is 1.43. The minimum atomic E-state index is -0.266. The lowest BCUT2D eigenvalue weighted by Gasteiger charge is -2.12. The maximum Gasteiger partial charge on any atom is 0.262 e. The van der Waals surface area contributed by atoms with Gasteiger partial charge in [0.2, 0.25) is 11.8 Å². The number of rotatable bonds is 7. The summed E-state index contributed by atoms with van der Waals surface area (Å²) >= 11 is 7.22. The molecule has 0 aliphatic carbocycles. The van der Waals surface area contributed by atoms with Crippen molar-refractivity contribution in [3.05, 3.63) is 82.0 Å². The smallest absolute Gasteiger partial charge is 0.262 e. The number of nitrogens with zero attached hydrogens (tertiary/aromatic N) is 2. The summed E-state index contributed by atoms with van der Waals surface area (Å²) in [6.45, 7) is 1.61. The SMILES string of the molecule is CC(=O)Nc1ccc(NC(=O)CSc2nc3cc(Cl)ccc3c(=O)n2Cc2ccco2)cc1. The van der Waals surface area contributed by atoms with Crippen LogP contribution in [-0.2, 0) is 16.1 Å². The standard InChI is InChI=1S/C23H19ClN4O4S/c1-14(29)25-16-5-7-17(8-6-16)26-21(30)13-33-23-27-20-11-15(24)4-9-19(20)22(31)28(23)12-18-3-2-10-32-18/h2-11H,12-13H2,1H3,(H,25,29)(H,26,30). The van der Waals surface area contributed by atoms with Crippen LogP contribution in [-0.4, -0.2) is 27.1 Å². The fourth-order valence-corrected chi connectivity index (χ4v) is 4.11. The summed E-state index contributed by atoms with van der Waals surface area (Å²) in [5.74, 6) is 0.187. The van der Waals surface area contributed by atoms with Gasteiger partial charge in [0.05, 0.1) is 29.5 Å². The van der Waals surface area contributed by atoms with Crippen molar-refractivity contribution in [2.24, 2.45) is 0 Å². The Morgan fingerprint density at radius 1 is 1.09 bits per heavy atom. The monoisotopic (exact) mass is 482 g/mol. The first kappa shape index (κ1) is 22.6. The number of hydrogen-bond acceptors (Lipinski definition) is 6. The van der Waals surface area contributed by atoms with Crippen LogP contribution < -0.4 is 16.2 Å². The van der Waals surface area contributed by atoms with Crippen molar-refractivity contribution in [2.75, 3.05) is 16.4 Å². The maximum absolute atomic E-state index is 13.1. The minimum Gasteiger partial charge on any atom is -0.467 e. The third kappa shape index (κ3) is 5.63. The Morgan fingerprint density at radius 2 is 1.82 bits per heavy atom. The molecule has 2 amide bonds. The molecule has 2 N–H and O–H groups in total. The number of furan rings is 1. The number of hydrogen-bond donors (Lipinski definition) is 2. The molecule has 0 aliphatic heterocycles. The Hall–Kier alpha value is -3.56. The van der Waals surface area contributed by atoms with Gasteiger partial charge in [0, 0.05) is 23.3 Å². The molecule has 8 nitrogen and oxygen atoms in total. The number of amides is 2. The van der Waals surface area contributed by atoms with E-state index in [4.69, 9.17) is 16.0 Å². The van der Waals surface area contributed by atoms with Gasteiger partial charge in [0.25, 0.3) is 5.56 Å². The van der Waals surface area contributed by atoms with Crippen LogP contribution in [0.5, 0.6) is 0 Å². The van der Waals surface area contributed by atoms with E-state index in [1.807, 2.05) is 0 Å². The number of anilines is 2. The van der Waals surface area contributed by atoms with Gasteiger partial charge in [-0.3, -0.25) is 19.0 Å². The summed E-state index contributed by atoms with van der Waals surface area (Å²) in [4.78, 5) is 41.3. The second-order valence-corrected chi connectivity index (χ2v) is 8.50. The summed E-state index contributed by atoms with van der Waals surface area (Å²) < 4.78 is 6.87. The fraction of sp³-hybridized carbons (Fsp3) is 0.130. The van der Waals surface area contributed by atoms with Crippen molar-refractivity contribution < 1.29 is 14.0 Å². The molecular weight excluding hydrogens is 464 g/mol. The number of fused-ring (bicyclic) bond motifs is 1. The highest BCUT2D eigenvalue weighted by molar-refractivity contribution is 7.99. The zero-order chi connectivity index (χ0) is 23.4. The third-order valence-electron chi connectivity index (χ3n) is 4.60. The molecule has 0 radical (unpaired) electrons. The molecular formula is C23H19ClN4O4S. The predicted octanol–water partition coefficient (Wildman–Crippen LogP) is 4.38. The second-order valence-electron chi connectivity index (χ2n) is 7.12. The van der Waals surface area contributed by atoms with Crippen molar-refractivity contribution in [2.45, 2.75) is 18.6 Å². The third-order valence-corrected chi connectivity index (χ3v) is 5.81. The van der Waals surface area contributed by atoms with Gasteiger partial charge in [0.15, 0.2) is 5.16 Å². The van der Waals surface area contributed by atoms with E-state index in [-0.39, 0.29) is 29.7 Å². The van der Waals surface area contributed by atoms with Crippen molar-refractivity contribution in [3.63, 3.8) is 0 Å². The van der Waals surface area contributed by atoms with E-state index in [0.717, 1.165) is 11.8 Å². The Balaban J connectivity index is 1.53. The average Bonchev–Trinajstić information content (AvgIpc) is 3.28. The van der Waals surface area contributed by atoms with Crippen LogP contribution in [0, 0.1) is 0 Å². The van der Waals surface area contributed by atoms with Gasteiger partial charge in [-0.25, -0.2) is 4.98 Å². The second kappa shape index (κ2) is 9.93. The van der Waals surface area contributed by atoms with Gasteiger partial charge in [-0.15, -0.1) is 0 Å². The molecule has 0 bridgehead atoms. The van der Waals surface area contributed by atoms with Crippen LogP contribution in [0.15, 0.2) is 75.2 Å². The molecule has 0 saturated carbocycles. The van der Waals surface area contributed by atoms with Crippen molar-refractivity contribution in [1.29, 1.82) is 0 Å². The summed E-state index contributed by atoms with van der Waals surface area (Å²) in [6, 6.07) is 15.2. The first-order valence-corrected chi connectivity index (χ1v) is 11.3. The molecule has 2 aromatic carbocycles. The molecule has 0 unspecified atom stereocenters. The molecule has 0 spiro atoms. The zero-order valence-electron chi connectivity index (χ0n) is 17.5. The van der Waals surface area contributed by atoms with E-state index in [0.29, 0.717) is 38.2 Å². The van der Waals surface area contributed by atoms with Gasteiger partial charge in [-0.2, -0.15) is 0 Å². The van der Waals surface area contributed by atoms with Gasteiger partial charge < -0.3 is 15.1 Å². The van der Waals surface area contributed by atoms with E-state index in [1.54, 1.807) is 54.6 Å². The van der Waals surface area contributed by atoms with E-state index in [9.17, 15) is 14.4 Å². The molecule has 2 heterocycles. The minimum absolute atomic E-state index is 0.0319. The number of aromatic nitrogens is 2. The van der Waals surface area contributed by atoms with Gasteiger partial charge in [-0.1, -0.05) is 23.4 Å². The zero-order valence-corrected chi connectivity index (χ0v) is 19.1. The van der Waals surface area contributed by atoms with Gasteiger partial charge >= 0.3 is 0 Å². The predicted molar refractivity (Wildman–Crippen MR) is 129 cm³/mol. The number of carbonyl (C=O) groups excluding carboxylic acids is 2. The van der Waals surface area contributed by atoms with Crippen LogP contribution in [0.1, 0.15) is 12.7 Å². The summed E-state index contributed by atoms with van der Waals surface area (Å²) in [6.07, 6.45) is 1.53. The van der Waals surface area contributed by atoms with Crippen molar-refractivity contribution in [3.8, 4) is 0 Å². The Bertz CT molecular complexity index is 1370. The Labute approximate surface area is 198 Å². The molecule has 168 valence electrons. The van der Waals surface area contributed by atoms with Crippen LogP contribution >= 0.6 is 23.4 Å². The highest BCUT2D eigenvalue weighted by Gasteiger charge is 2.15. The number of carbonyl (C=O) groups is 2. The fourth-order valence-electron chi connectivity index (χ4n) is 3.15. The lowest BCUT2D eigenvalue weighted by Crippen LogP contribution is -2.24. The number of halogens is 1. The first-order valence-electron chi connectivity index (χ1n) is 9.92. The molecule has 2 aromatic heterocycles. The quantitative estimate of drug-likeness (QED) is 0.299. The highest BCUT2D eigenvalue weighted by Crippen LogP contribution is 2.22. The van der Waals surface area contributed by atoms with Gasteiger partial charge in [-0.05, 0) is 54.6 Å². The first-order chi connectivity index (χ1) is 15.9. The largest absolute Gasteiger partial charge is 0.467 e. The number of nitrogens with one attached hydrogen (secondary N) is 2. The van der Waals surface area contributed by atoms with Crippen molar-refractivity contribution >= 4 is 57.5 Å². The summed E-state index contributed by atoms with van der Waals surface area (Å²) in [5, 5.41) is 6.73. The normalized spacial score (nSPS) is 10.8. The number of thioether (sulfide) groups is 1. The average molecular weight is 483 g/mol. The molecule has 0 saturated heterocycles. The molecule has 0 atom stereocenters. The van der Waals surface area contributed by atoms with Crippen LogP contribution in [0.3, 0.4) is 0 Å². The molecule has 0 aliphatic rings. The van der Waals surface area contributed by atoms with Crippen molar-refractivity contribution in [1.82, 2.24) is 9.55 Å². The van der Waals surface area contributed by atoms with E-state index in [2.05, 4.69) is 15.6 Å². The molecule has 4 rings (SSSR count). The number of benzene rings is 2.